The predicted octanol–water partition coefficient (Wildman–Crippen LogP) is -5.02. The SMILES string of the molecule is NC(=O)CCC(NC(=O)C(CS)NC(=O)C(N)CCCN=C(N)N)C(=O)NC(CC(N)=O)C(=O)O. The summed E-state index contributed by atoms with van der Waals surface area (Å²) >= 11 is 4.02. The molecule has 0 fully saturated rings. The third-order valence-electron chi connectivity index (χ3n) is 4.45. The second-order valence-corrected chi connectivity index (χ2v) is 7.80. The van der Waals surface area contributed by atoms with Crippen molar-refractivity contribution in [3.8, 4) is 0 Å². The maximum absolute atomic E-state index is 12.7. The average Bonchev–Trinajstić information content (AvgIpc) is 2.75. The van der Waals surface area contributed by atoms with Gasteiger partial charge in [0.1, 0.15) is 18.1 Å². The number of carboxylic acid groups (broad SMARTS) is 1. The smallest absolute Gasteiger partial charge is 0.326 e. The molecule has 0 saturated carbocycles. The first-order chi connectivity index (χ1) is 16.3. The van der Waals surface area contributed by atoms with E-state index in [1.807, 2.05) is 0 Å². The molecule has 4 atom stereocenters. The van der Waals surface area contributed by atoms with Crippen LogP contribution in [0.25, 0.3) is 0 Å². The van der Waals surface area contributed by atoms with E-state index in [-0.39, 0.29) is 37.5 Å². The quantitative estimate of drug-likeness (QED) is 0.0377. The summed E-state index contributed by atoms with van der Waals surface area (Å²) in [5.41, 5.74) is 26.3. The molecule has 0 aliphatic rings. The summed E-state index contributed by atoms with van der Waals surface area (Å²) in [4.78, 5) is 74.8. The van der Waals surface area contributed by atoms with Gasteiger partial charge in [0.25, 0.3) is 0 Å². The summed E-state index contributed by atoms with van der Waals surface area (Å²) in [5, 5.41) is 15.9. The molecule has 0 aromatic heterocycles. The molecule has 14 N–H and O–H groups in total. The standard InChI is InChI=1S/C18H33N9O7S/c19-8(2-1-5-24-18(22)23)14(30)27-11(7-35)16(32)25-9(3-4-12(20)28)15(31)26-10(17(33)34)6-13(21)29/h8-11,35H,1-7,19H2,(H2,20,28)(H2,21,29)(H,25,32)(H,26,31)(H,27,30)(H,33,34)(H4,22,23,24). The van der Waals surface area contributed by atoms with E-state index in [0.717, 1.165) is 0 Å². The third-order valence-corrected chi connectivity index (χ3v) is 4.82. The van der Waals surface area contributed by atoms with Crippen molar-refractivity contribution in [2.24, 2.45) is 33.7 Å². The Labute approximate surface area is 206 Å². The number of hydrogen-bond donors (Lipinski definition) is 10. The van der Waals surface area contributed by atoms with E-state index in [2.05, 4.69) is 33.6 Å². The molecule has 16 nitrogen and oxygen atoms in total. The van der Waals surface area contributed by atoms with Crippen molar-refractivity contribution in [2.75, 3.05) is 12.3 Å². The van der Waals surface area contributed by atoms with Crippen LogP contribution in [0.4, 0.5) is 0 Å². The Bertz CT molecular complexity index is 820. The lowest BCUT2D eigenvalue weighted by Gasteiger charge is -2.24. The van der Waals surface area contributed by atoms with Crippen molar-refractivity contribution in [2.45, 2.75) is 56.3 Å². The van der Waals surface area contributed by atoms with Crippen LogP contribution in [0, 0.1) is 0 Å². The van der Waals surface area contributed by atoms with E-state index in [9.17, 15) is 28.8 Å². The van der Waals surface area contributed by atoms with Crippen LogP contribution in [0.3, 0.4) is 0 Å². The molecule has 17 heteroatoms. The first-order valence-corrected chi connectivity index (χ1v) is 11.0. The Kier molecular flexibility index (Phi) is 14.4. The average molecular weight is 520 g/mol. The first kappa shape index (κ1) is 31.4. The Hall–Kier alpha value is -3.60. The van der Waals surface area contributed by atoms with Crippen LogP contribution in [-0.4, -0.2) is 83.0 Å². The first-order valence-electron chi connectivity index (χ1n) is 10.4. The largest absolute Gasteiger partial charge is 0.480 e. The van der Waals surface area contributed by atoms with Gasteiger partial charge in [-0.2, -0.15) is 12.6 Å². The molecular formula is C18H33N9O7S. The van der Waals surface area contributed by atoms with Crippen molar-refractivity contribution < 1.29 is 33.9 Å². The minimum atomic E-state index is -1.66. The van der Waals surface area contributed by atoms with Gasteiger partial charge >= 0.3 is 5.97 Å². The maximum Gasteiger partial charge on any atom is 0.326 e. The fourth-order valence-electron chi connectivity index (χ4n) is 2.62. The van der Waals surface area contributed by atoms with Crippen molar-refractivity contribution >= 4 is 54.1 Å². The second-order valence-electron chi connectivity index (χ2n) is 7.44. The van der Waals surface area contributed by atoms with Crippen LogP contribution in [0.5, 0.6) is 0 Å². The molecule has 0 heterocycles. The Morgan fingerprint density at radius 3 is 1.83 bits per heavy atom. The molecule has 5 amide bonds. The van der Waals surface area contributed by atoms with E-state index < -0.39 is 66.1 Å². The number of nitrogens with one attached hydrogen (secondary N) is 3. The molecule has 0 saturated heterocycles. The number of carboxylic acids is 1. The molecular weight excluding hydrogens is 486 g/mol. The highest BCUT2D eigenvalue weighted by Gasteiger charge is 2.30. The summed E-state index contributed by atoms with van der Waals surface area (Å²) in [6.07, 6.45) is -0.703. The summed E-state index contributed by atoms with van der Waals surface area (Å²) in [6.45, 7) is 0.254. The van der Waals surface area contributed by atoms with Crippen molar-refractivity contribution in [3.05, 3.63) is 0 Å². The Morgan fingerprint density at radius 2 is 1.34 bits per heavy atom. The lowest BCUT2D eigenvalue weighted by atomic mass is 10.1. The van der Waals surface area contributed by atoms with Gasteiger partial charge in [-0.15, -0.1) is 0 Å². The number of carbonyl (C=O) groups is 6. The van der Waals surface area contributed by atoms with Gasteiger partial charge in [-0.05, 0) is 19.3 Å². The number of nitrogens with zero attached hydrogens (tertiary/aromatic N) is 1. The number of aliphatic imine (C=N–C) groups is 1. The molecule has 35 heavy (non-hydrogen) atoms. The molecule has 4 unspecified atom stereocenters. The zero-order valence-corrected chi connectivity index (χ0v) is 19.8. The number of thiol groups is 1. The summed E-state index contributed by atoms with van der Waals surface area (Å²) < 4.78 is 0. The minimum Gasteiger partial charge on any atom is -0.480 e. The topological polar surface area (TPSA) is 301 Å². The number of rotatable bonds is 17. The molecule has 0 aromatic carbocycles. The van der Waals surface area contributed by atoms with E-state index in [1.165, 1.54) is 0 Å². The van der Waals surface area contributed by atoms with Gasteiger partial charge < -0.3 is 49.7 Å². The van der Waals surface area contributed by atoms with Crippen LogP contribution < -0.4 is 44.6 Å². The normalized spacial score (nSPS) is 13.9. The van der Waals surface area contributed by atoms with Gasteiger partial charge in [-0.25, -0.2) is 4.79 Å². The number of primary amides is 2. The van der Waals surface area contributed by atoms with Gasteiger partial charge in [0.15, 0.2) is 5.96 Å². The molecule has 0 aromatic rings. The molecule has 0 aliphatic carbocycles. The predicted molar refractivity (Wildman–Crippen MR) is 127 cm³/mol. The van der Waals surface area contributed by atoms with Gasteiger partial charge in [0.2, 0.25) is 29.5 Å². The van der Waals surface area contributed by atoms with Crippen LogP contribution in [0.2, 0.25) is 0 Å². The molecule has 0 spiro atoms. The van der Waals surface area contributed by atoms with Gasteiger partial charge in [0, 0.05) is 18.7 Å². The number of carbonyl (C=O) groups excluding carboxylic acids is 5. The molecule has 198 valence electrons. The van der Waals surface area contributed by atoms with Crippen LogP contribution in [0.15, 0.2) is 4.99 Å². The fourth-order valence-corrected chi connectivity index (χ4v) is 2.88. The number of amides is 5. The van der Waals surface area contributed by atoms with Gasteiger partial charge in [-0.1, -0.05) is 0 Å². The lowest BCUT2D eigenvalue weighted by Crippen LogP contribution is -2.58. The third kappa shape index (κ3) is 13.6. The van der Waals surface area contributed by atoms with Crippen molar-refractivity contribution in [3.63, 3.8) is 0 Å². The highest BCUT2D eigenvalue weighted by Crippen LogP contribution is 2.03. The van der Waals surface area contributed by atoms with Crippen molar-refractivity contribution in [1.82, 2.24) is 16.0 Å². The fraction of sp³-hybridized carbons (Fsp3) is 0.611. The zero-order chi connectivity index (χ0) is 27.1. The Morgan fingerprint density at radius 1 is 0.800 bits per heavy atom. The van der Waals surface area contributed by atoms with Crippen molar-refractivity contribution in [1.29, 1.82) is 0 Å². The zero-order valence-electron chi connectivity index (χ0n) is 18.9. The molecule has 0 rings (SSSR count). The molecule has 0 bridgehead atoms. The highest BCUT2D eigenvalue weighted by molar-refractivity contribution is 7.80. The number of hydrogen-bond acceptors (Lipinski definition) is 9. The number of guanidine groups is 1. The molecule has 0 radical (unpaired) electrons. The number of nitrogens with two attached hydrogens (primary N) is 5. The summed E-state index contributed by atoms with van der Waals surface area (Å²) in [6, 6.07) is -5.29. The lowest BCUT2D eigenvalue weighted by molar-refractivity contribution is -0.144. The summed E-state index contributed by atoms with van der Waals surface area (Å²) in [7, 11) is 0. The summed E-state index contributed by atoms with van der Waals surface area (Å²) in [5.74, 6) is -6.11. The van der Waals surface area contributed by atoms with Gasteiger partial charge in [0.05, 0.1) is 12.5 Å². The van der Waals surface area contributed by atoms with E-state index in [4.69, 9.17) is 33.8 Å². The number of aliphatic carboxylic acids is 1. The molecule has 0 aliphatic heterocycles. The minimum absolute atomic E-state index is 0.103. The van der Waals surface area contributed by atoms with Crippen LogP contribution in [0.1, 0.15) is 32.1 Å². The van der Waals surface area contributed by atoms with Gasteiger partial charge in [-0.3, -0.25) is 29.0 Å². The van der Waals surface area contributed by atoms with E-state index in [0.29, 0.717) is 6.42 Å². The second kappa shape index (κ2) is 16.1. The van der Waals surface area contributed by atoms with Crippen LogP contribution in [-0.2, 0) is 28.8 Å². The van der Waals surface area contributed by atoms with Crippen LogP contribution >= 0.6 is 12.6 Å². The monoisotopic (exact) mass is 519 g/mol. The van der Waals surface area contributed by atoms with E-state index in [1.54, 1.807) is 0 Å². The maximum atomic E-state index is 12.7. The highest BCUT2D eigenvalue weighted by atomic mass is 32.1. The Balaban J connectivity index is 5.24. The van der Waals surface area contributed by atoms with E-state index >= 15 is 0 Å².